The molecular formula is C29H37NO2Si. The molecular weight excluding hydrogens is 422 g/mol. The van der Waals surface area contributed by atoms with Crippen LogP contribution in [0.3, 0.4) is 0 Å². The van der Waals surface area contributed by atoms with Crippen molar-refractivity contribution in [3.63, 3.8) is 0 Å². The lowest BCUT2D eigenvalue weighted by atomic mass is 9.59. The van der Waals surface area contributed by atoms with Crippen molar-refractivity contribution in [3.05, 3.63) is 54.1 Å². The average molecular weight is 460 g/mol. The van der Waals surface area contributed by atoms with Gasteiger partial charge in [-0.3, -0.25) is 4.79 Å². The minimum absolute atomic E-state index is 0.0350. The summed E-state index contributed by atoms with van der Waals surface area (Å²) in [5.41, 5.74) is 4.35. The molecule has 0 radical (unpaired) electrons. The smallest absolute Gasteiger partial charge is 0.314 e. The van der Waals surface area contributed by atoms with E-state index in [4.69, 9.17) is 10.00 Å². The molecule has 3 nitrogen and oxygen atoms in total. The van der Waals surface area contributed by atoms with Crippen molar-refractivity contribution in [1.29, 1.82) is 5.26 Å². The Morgan fingerprint density at radius 1 is 0.970 bits per heavy atom. The highest BCUT2D eigenvalue weighted by Crippen LogP contribution is 2.53. The Bertz CT molecular complexity index is 960. The molecule has 0 atom stereocenters. The Morgan fingerprint density at radius 2 is 1.55 bits per heavy atom. The molecule has 0 saturated heterocycles. The Kier molecular flexibility index (Phi) is 7.70. The fourth-order valence-electron chi connectivity index (χ4n) is 6.30. The van der Waals surface area contributed by atoms with Crippen LogP contribution in [0.15, 0.2) is 48.5 Å². The van der Waals surface area contributed by atoms with Crippen LogP contribution in [0.5, 0.6) is 5.75 Å². The molecule has 0 unspecified atom stereocenters. The molecule has 2 fully saturated rings. The predicted molar refractivity (Wildman–Crippen MR) is 137 cm³/mol. The number of ether oxygens (including phenoxy) is 1. The van der Waals surface area contributed by atoms with Gasteiger partial charge in [0.25, 0.3) is 0 Å². The third-order valence-corrected chi connectivity index (χ3v) is 10.7. The van der Waals surface area contributed by atoms with Gasteiger partial charge in [0, 0.05) is 9.52 Å². The summed E-state index contributed by atoms with van der Waals surface area (Å²) in [4.78, 5) is 12.9. The Balaban J connectivity index is 1.30. The first-order valence-corrected chi connectivity index (χ1v) is 15.1. The number of esters is 1. The van der Waals surface area contributed by atoms with Crippen LogP contribution in [0, 0.1) is 28.6 Å². The van der Waals surface area contributed by atoms with Crippen LogP contribution in [0.2, 0.25) is 12.1 Å². The molecule has 0 aliphatic heterocycles. The van der Waals surface area contributed by atoms with E-state index in [1.165, 1.54) is 44.9 Å². The van der Waals surface area contributed by atoms with E-state index in [2.05, 4.69) is 19.5 Å². The summed E-state index contributed by atoms with van der Waals surface area (Å²) >= 11 is 0. The normalized spacial score (nSPS) is 27.8. The largest absolute Gasteiger partial charge is 0.426 e. The van der Waals surface area contributed by atoms with Crippen molar-refractivity contribution >= 4 is 15.5 Å². The molecule has 174 valence electrons. The maximum atomic E-state index is 12.9. The second-order valence-electron chi connectivity index (χ2n) is 10.3. The van der Waals surface area contributed by atoms with E-state index >= 15 is 0 Å². The summed E-state index contributed by atoms with van der Waals surface area (Å²) in [5, 5.41) is 8.95. The number of benzene rings is 2. The van der Waals surface area contributed by atoms with Gasteiger partial charge in [-0.2, -0.15) is 5.26 Å². The molecule has 0 aromatic heterocycles. The molecule has 4 rings (SSSR count). The van der Waals surface area contributed by atoms with E-state index in [0.717, 1.165) is 35.4 Å². The van der Waals surface area contributed by atoms with Gasteiger partial charge in [0.15, 0.2) is 0 Å². The highest BCUT2D eigenvalue weighted by atomic mass is 28.2. The summed E-state index contributed by atoms with van der Waals surface area (Å²) in [6.45, 7) is 4.87. The molecule has 2 aromatic rings. The quantitative estimate of drug-likeness (QED) is 0.268. The van der Waals surface area contributed by atoms with Crippen LogP contribution in [-0.4, -0.2) is 15.5 Å². The number of carbonyl (C=O) groups excluding carboxylic acids is 1. The molecule has 0 spiro atoms. The molecule has 0 N–H and O–H groups in total. The zero-order valence-corrected chi connectivity index (χ0v) is 21.6. The second-order valence-corrected chi connectivity index (χ2v) is 12.2. The van der Waals surface area contributed by atoms with E-state index in [0.29, 0.717) is 16.7 Å². The second kappa shape index (κ2) is 10.7. The summed E-state index contributed by atoms with van der Waals surface area (Å²) in [6, 6.07) is 17.4. The molecule has 2 aliphatic carbocycles. The highest BCUT2D eigenvalue weighted by molar-refractivity contribution is 6.35. The Labute approximate surface area is 201 Å². The van der Waals surface area contributed by atoms with Gasteiger partial charge in [-0.1, -0.05) is 62.5 Å². The van der Waals surface area contributed by atoms with Gasteiger partial charge in [-0.15, -0.1) is 0 Å². The van der Waals surface area contributed by atoms with Crippen LogP contribution in [0.25, 0.3) is 11.1 Å². The Morgan fingerprint density at radius 3 is 2.06 bits per heavy atom. The van der Waals surface area contributed by atoms with Crippen LogP contribution >= 0.6 is 0 Å². The van der Waals surface area contributed by atoms with Crippen LogP contribution in [0.4, 0.5) is 0 Å². The van der Waals surface area contributed by atoms with E-state index < -0.39 is 0 Å². The lowest BCUT2D eigenvalue weighted by molar-refractivity contribution is -0.140. The number of hydrogen-bond acceptors (Lipinski definition) is 3. The minimum Gasteiger partial charge on any atom is -0.426 e. The maximum Gasteiger partial charge on any atom is 0.314 e. The molecule has 4 heteroatoms. The van der Waals surface area contributed by atoms with Crippen molar-refractivity contribution in [2.24, 2.45) is 17.3 Å². The topological polar surface area (TPSA) is 50.1 Å². The van der Waals surface area contributed by atoms with Crippen LogP contribution < -0.4 is 4.74 Å². The fourth-order valence-corrected chi connectivity index (χ4v) is 7.53. The lowest BCUT2D eigenvalue weighted by Crippen LogP contribution is -2.38. The minimum atomic E-state index is -0.0641. The van der Waals surface area contributed by atoms with E-state index in [9.17, 15) is 4.79 Å². The first-order chi connectivity index (χ1) is 16.1. The maximum absolute atomic E-state index is 12.9. The van der Waals surface area contributed by atoms with Crippen molar-refractivity contribution in [2.75, 3.05) is 0 Å². The van der Waals surface area contributed by atoms with Crippen molar-refractivity contribution in [3.8, 4) is 22.9 Å². The number of nitrogens with zero attached hydrogens (tertiary/aromatic N) is 1. The van der Waals surface area contributed by atoms with Gasteiger partial charge < -0.3 is 4.74 Å². The molecule has 2 aliphatic rings. The van der Waals surface area contributed by atoms with Crippen LogP contribution in [0.1, 0.15) is 70.3 Å². The molecule has 33 heavy (non-hydrogen) atoms. The number of rotatable bonds is 6. The van der Waals surface area contributed by atoms with Gasteiger partial charge in [0.05, 0.1) is 17.6 Å². The first kappa shape index (κ1) is 23.8. The van der Waals surface area contributed by atoms with E-state index in [1.54, 1.807) is 0 Å². The monoisotopic (exact) mass is 459 g/mol. The van der Waals surface area contributed by atoms with Crippen molar-refractivity contribution < 1.29 is 9.53 Å². The van der Waals surface area contributed by atoms with Gasteiger partial charge in [0.1, 0.15) is 5.75 Å². The van der Waals surface area contributed by atoms with Crippen molar-refractivity contribution in [2.45, 2.75) is 76.8 Å². The van der Waals surface area contributed by atoms with Gasteiger partial charge >= 0.3 is 5.97 Å². The zero-order valence-electron chi connectivity index (χ0n) is 20.2. The van der Waals surface area contributed by atoms with Gasteiger partial charge in [0.2, 0.25) is 0 Å². The fraction of sp³-hybridized carbons (Fsp3) is 0.517. The van der Waals surface area contributed by atoms with E-state index in [-0.39, 0.29) is 21.4 Å². The standard InChI is InChI=1S/C29H37NO2Si/c1-3-29(18-16-27(33-2)17-19-29)25-12-8-24(9-13-25)28(31)32-26-14-10-23(11-15-26)22-6-4-21(20-30)5-7-22/h4-7,10-11,14-15,24-25,27H,3,8-9,12-13,16-19,33H2,1-2H3. The third-order valence-electron chi connectivity index (χ3n) is 8.73. The lowest BCUT2D eigenvalue weighted by Gasteiger charge is -2.47. The summed E-state index contributed by atoms with van der Waals surface area (Å²) < 4.78 is 5.76. The molecule has 0 amide bonds. The van der Waals surface area contributed by atoms with E-state index in [1.807, 2.05) is 48.5 Å². The highest BCUT2D eigenvalue weighted by Gasteiger charge is 2.42. The number of carbonyl (C=O) groups is 1. The summed E-state index contributed by atoms with van der Waals surface area (Å²) in [7, 11) is 0.142. The molecule has 0 bridgehead atoms. The third kappa shape index (κ3) is 5.41. The summed E-state index contributed by atoms with van der Waals surface area (Å²) in [6.07, 6.45) is 11.4. The van der Waals surface area contributed by atoms with Crippen molar-refractivity contribution in [1.82, 2.24) is 0 Å². The Hall–Kier alpha value is -2.38. The first-order valence-electron chi connectivity index (χ1n) is 12.9. The predicted octanol–water partition coefficient (Wildman–Crippen LogP) is 6.91. The number of hydrogen-bond donors (Lipinski definition) is 0. The summed E-state index contributed by atoms with van der Waals surface area (Å²) in [5.74, 6) is 1.38. The molecule has 2 aromatic carbocycles. The van der Waals surface area contributed by atoms with Crippen LogP contribution in [-0.2, 0) is 4.79 Å². The zero-order chi connectivity index (χ0) is 23.3. The average Bonchev–Trinajstić information content (AvgIpc) is 2.89. The van der Waals surface area contributed by atoms with Gasteiger partial charge in [-0.05, 0) is 85.3 Å². The molecule has 2 saturated carbocycles. The SMILES string of the molecule is CCC1(C2CCC(C(=O)Oc3ccc(-c4ccc(C#N)cc4)cc3)CC2)CCC([SiH2]C)CC1. The van der Waals surface area contributed by atoms with Gasteiger partial charge in [-0.25, -0.2) is 0 Å². The molecule has 0 heterocycles. The number of nitriles is 1.